The standard InChI is InChI=1S/C14H21NO4/c1-4-19-12(17)7-11(16)14(18)13-8(2)5-10(15)6-9(13)3/h5-6,11,14,16,18H,4,7,15H2,1-3H3. The number of rotatable bonds is 5. The molecule has 2 atom stereocenters. The van der Waals surface area contributed by atoms with Crippen LogP contribution in [-0.4, -0.2) is 28.9 Å². The van der Waals surface area contributed by atoms with E-state index in [1.807, 2.05) is 0 Å². The lowest BCUT2D eigenvalue weighted by Gasteiger charge is -2.21. The van der Waals surface area contributed by atoms with Gasteiger partial charge in [-0.2, -0.15) is 0 Å². The fourth-order valence-corrected chi connectivity index (χ4v) is 2.17. The second-order valence-corrected chi connectivity index (χ2v) is 4.59. The SMILES string of the molecule is CCOC(=O)CC(O)C(O)c1c(C)cc(N)cc1C. The maximum absolute atomic E-state index is 11.3. The first-order valence-electron chi connectivity index (χ1n) is 6.25. The Morgan fingerprint density at radius 1 is 1.32 bits per heavy atom. The number of anilines is 1. The van der Waals surface area contributed by atoms with Gasteiger partial charge in [0.15, 0.2) is 0 Å². The highest BCUT2D eigenvalue weighted by atomic mass is 16.5. The highest BCUT2D eigenvalue weighted by Crippen LogP contribution is 2.28. The summed E-state index contributed by atoms with van der Waals surface area (Å²) >= 11 is 0. The van der Waals surface area contributed by atoms with Gasteiger partial charge in [-0.1, -0.05) is 0 Å². The maximum Gasteiger partial charge on any atom is 0.308 e. The van der Waals surface area contributed by atoms with E-state index in [0.29, 0.717) is 11.3 Å². The molecule has 4 N–H and O–H groups in total. The quantitative estimate of drug-likeness (QED) is 0.551. The van der Waals surface area contributed by atoms with Crippen LogP contribution in [0.4, 0.5) is 5.69 Å². The Bertz CT molecular complexity index is 436. The molecule has 0 spiro atoms. The van der Waals surface area contributed by atoms with Crippen molar-refractivity contribution in [1.82, 2.24) is 0 Å². The molecule has 0 aliphatic heterocycles. The van der Waals surface area contributed by atoms with Gasteiger partial charge < -0.3 is 20.7 Å². The van der Waals surface area contributed by atoms with Gasteiger partial charge in [-0.15, -0.1) is 0 Å². The van der Waals surface area contributed by atoms with Gasteiger partial charge in [0, 0.05) is 5.69 Å². The molecule has 1 aromatic carbocycles. The van der Waals surface area contributed by atoms with Crippen molar-refractivity contribution in [2.75, 3.05) is 12.3 Å². The monoisotopic (exact) mass is 267 g/mol. The van der Waals surface area contributed by atoms with E-state index >= 15 is 0 Å². The van der Waals surface area contributed by atoms with Crippen LogP contribution in [0.25, 0.3) is 0 Å². The van der Waals surface area contributed by atoms with Gasteiger partial charge in [0.25, 0.3) is 0 Å². The van der Waals surface area contributed by atoms with Crippen LogP contribution >= 0.6 is 0 Å². The van der Waals surface area contributed by atoms with Crippen molar-refractivity contribution in [1.29, 1.82) is 0 Å². The molecule has 5 nitrogen and oxygen atoms in total. The Kier molecular flexibility index (Phi) is 5.32. The third kappa shape index (κ3) is 3.94. The van der Waals surface area contributed by atoms with Crippen molar-refractivity contribution in [3.63, 3.8) is 0 Å². The van der Waals surface area contributed by atoms with Gasteiger partial charge in [0.2, 0.25) is 0 Å². The van der Waals surface area contributed by atoms with E-state index in [0.717, 1.165) is 11.1 Å². The minimum absolute atomic E-state index is 0.238. The first-order valence-corrected chi connectivity index (χ1v) is 6.25. The molecular weight excluding hydrogens is 246 g/mol. The molecule has 2 unspecified atom stereocenters. The Morgan fingerprint density at radius 3 is 2.32 bits per heavy atom. The van der Waals surface area contributed by atoms with E-state index in [2.05, 4.69) is 0 Å². The summed E-state index contributed by atoms with van der Waals surface area (Å²) in [4.78, 5) is 11.3. The van der Waals surface area contributed by atoms with Crippen molar-refractivity contribution >= 4 is 11.7 Å². The molecule has 0 aliphatic rings. The third-order valence-electron chi connectivity index (χ3n) is 2.96. The molecule has 1 aromatic rings. The predicted octanol–water partition coefficient (Wildman–Crippen LogP) is 1.23. The van der Waals surface area contributed by atoms with Crippen LogP contribution in [0.15, 0.2) is 12.1 Å². The van der Waals surface area contributed by atoms with Gasteiger partial charge in [0.05, 0.1) is 19.1 Å². The number of nitrogens with two attached hydrogens (primary N) is 1. The number of carbonyl (C=O) groups excluding carboxylic acids is 1. The van der Waals surface area contributed by atoms with Crippen molar-refractivity contribution in [2.24, 2.45) is 0 Å². The molecule has 5 heteroatoms. The van der Waals surface area contributed by atoms with Crippen molar-refractivity contribution in [2.45, 2.75) is 39.4 Å². The Morgan fingerprint density at radius 2 is 1.84 bits per heavy atom. The number of aliphatic hydroxyl groups is 2. The molecule has 0 aliphatic carbocycles. The summed E-state index contributed by atoms with van der Waals surface area (Å²) in [5, 5.41) is 20.1. The lowest BCUT2D eigenvalue weighted by molar-refractivity contribution is -0.147. The number of ether oxygens (including phenoxy) is 1. The summed E-state index contributed by atoms with van der Waals surface area (Å²) in [5.41, 5.74) is 8.48. The molecule has 1 rings (SSSR count). The van der Waals surface area contributed by atoms with E-state index < -0.39 is 18.2 Å². The predicted molar refractivity (Wildman–Crippen MR) is 72.5 cm³/mol. The minimum Gasteiger partial charge on any atom is -0.466 e. The fraction of sp³-hybridized carbons (Fsp3) is 0.500. The van der Waals surface area contributed by atoms with E-state index in [9.17, 15) is 15.0 Å². The smallest absolute Gasteiger partial charge is 0.308 e. The van der Waals surface area contributed by atoms with Crippen molar-refractivity contribution < 1.29 is 19.7 Å². The maximum atomic E-state index is 11.3. The van der Waals surface area contributed by atoms with Crippen molar-refractivity contribution in [3.8, 4) is 0 Å². The van der Waals surface area contributed by atoms with Gasteiger partial charge in [-0.05, 0) is 49.6 Å². The van der Waals surface area contributed by atoms with Gasteiger partial charge in [0.1, 0.15) is 6.10 Å². The van der Waals surface area contributed by atoms with Crippen LogP contribution in [0.1, 0.15) is 36.1 Å². The second-order valence-electron chi connectivity index (χ2n) is 4.59. The number of aliphatic hydroxyl groups excluding tert-OH is 2. The number of benzene rings is 1. The normalized spacial score (nSPS) is 13.9. The van der Waals surface area contributed by atoms with Gasteiger partial charge in [-0.25, -0.2) is 0 Å². The van der Waals surface area contributed by atoms with Gasteiger partial charge in [-0.3, -0.25) is 4.79 Å². The summed E-state index contributed by atoms with van der Waals surface area (Å²) in [6.07, 6.45) is -2.57. The second kappa shape index (κ2) is 6.54. The molecule has 0 radical (unpaired) electrons. The van der Waals surface area contributed by atoms with Crippen LogP contribution in [0.2, 0.25) is 0 Å². The molecule has 0 saturated heterocycles. The minimum atomic E-state index is -1.19. The molecular formula is C14H21NO4. The Balaban J connectivity index is 2.88. The number of hydrogen-bond acceptors (Lipinski definition) is 5. The van der Waals surface area contributed by atoms with Crippen LogP contribution in [-0.2, 0) is 9.53 Å². The average molecular weight is 267 g/mol. The summed E-state index contributed by atoms with van der Waals surface area (Å²) in [6.45, 7) is 5.55. The summed E-state index contributed by atoms with van der Waals surface area (Å²) in [6, 6.07) is 3.45. The van der Waals surface area contributed by atoms with Crippen LogP contribution in [0.5, 0.6) is 0 Å². The first kappa shape index (κ1) is 15.5. The number of nitrogen functional groups attached to an aromatic ring is 1. The molecule has 106 valence electrons. The largest absolute Gasteiger partial charge is 0.466 e. The van der Waals surface area contributed by atoms with E-state index in [4.69, 9.17) is 10.5 Å². The zero-order valence-corrected chi connectivity index (χ0v) is 11.5. The summed E-state index contributed by atoms with van der Waals surface area (Å²) < 4.78 is 4.75. The Labute approximate surface area is 113 Å². The van der Waals surface area contributed by atoms with Gasteiger partial charge >= 0.3 is 5.97 Å². The molecule has 0 heterocycles. The zero-order valence-electron chi connectivity index (χ0n) is 11.5. The topological polar surface area (TPSA) is 92.8 Å². The third-order valence-corrected chi connectivity index (χ3v) is 2.96. The number of carbonyl (C=O) groups is 1. The zero-order chi connectivity index (χ0) is 14.6. The number of esters is 1. The van der Waals surface area contributed by atoms with Crippen LogP contribution in [0, 0.1) is 13.8 Å². The molecule has 19 heavy (non-hydrogen) atoms. The molecule has 0 saturated carbocycles. The van der Waals surface area contributed by atoms with Crippen LogP contribution < -0.4 is 5.73 Å². The fourth-order valence-electron chi connectivity index (χ4n) is 2.17. The highest BCUT2D eigenvalue weighted by molar-refractivity contribution is 5.70. The van der Waals surface area contributed by atoms with E-state index in [1.165, 1.54) is 0 Å². The van der Waals surface area contributed by atoms with E-state index in [1.54, 1.807) is 32.9 Å². The lowest BCUT2D eigenvalue weighted by atomic mass is 9.93. The van der Waals surface area contributed by atoms with Crippen molar-refractivity contribution in [3.05, 3.63) is 28.8 Å². The molecule has 0 amide bonds. The van der Waals surface area contributed by atoms with Crippen LogP contribution in [0.3, 0.4) is 0 Å². The summed E-state index contributed by atoms with van der Waals surface area (Å²) in [5.74, 6) is -0.528. The molecule has 0 aromatic heterocycles. The highest BCUT2D eigenvalue weighted by Gasteiger charge is 2.24. The number of hydrogen-bond donors (Lipinski definition) is 3. The Hall–Kier alpha value is -1.59. The summed E-state index contributed by atoms with van der Waals surface area (Å²) in [7, 11) is 0. The lowest BCUT2D eigenvalue weighted by Crippen LogP contribution is -2.24. The molecule has 0 fully saturated rings. The molecule has 0 bridgehead atoms. The number of aryl methyl sites for hydroxylation is 2. The van der Waals surface area contributed by atoms with E-state index in [-0.39, 0.29) is 13.0 Å². The first-order chi connectivity index (χ1) is 8.86. The average Bonchev–Trinajstić information content (AvgIpc) is 2.27.